The summed E-state index contributed by atoms with van der Waals surface area (Å²) in [6.07, 6.45) is 4.94. The predicted octanol–water partition coefficient (Wildman–Crippen LogP) is 5.27. The quantitative estimate of drug-likeness (QED) is 0.746. The van der Waals surface area contributed by atoms with E-state index in [0.717, 1.165) is 41.9 Å². The largest absolute Gasteiger partial charge is 0.338 e. The van der Waals surface area contributed by atoms with E-state index < -0.39 is 0 Å². The second-order valence-corrected chi connectivity index (χ2v) is 10.6. The highest BCUT2D eigenvalue weighted by Crippen LogP contribution is 2.40. The number of likely N-dealkylation sites (tertiary alicyclic amines) is 1. The van der Waals surface area contributed by atoms with Crippen molar-refractivity contribution < 1.29 is 9.59 Å². The number of hydrogen-bond acceptors (Lipinski definition) is 3. The summed E-state index contributed by atoms with van der Waals surface area (Å²) >= 11 is 1.64. The van der Waals surface area contributed by atoms with E-state index in [4.69, 9.17) is 0 Å². The maximum absolute atomic E-state index is 12.9. The minimum absolute atomic E-state index is 0.0360. The van der Waals surface area contributed by atoms with Crippen LogP contribution in [0.5, 0.6) is 0 Å². The molecule has 0 bridgehead atoms. The molecule has 4 rings (SSSR count). The Bertz CT molecular complexity index is 925. The van der Waals surface area contributed by atoms with Crippen molar-refractivity contribution in [2.75, 3.05) is 11.9 Å². The molecule has 5 heteroatoms. The second-order valence-electron chi connectivity index (χ2n) is 9.44. The molecule has 1 aromatic carbocycles. The average Bonchev–Trinajstić information content (AvgIpc) is 3.27. The fourth-order valence-electron chi connectivity index (χ4n) is 4.41. The standard InChI is InChI=1S/C24H30N2O2S/c1-24(2,3)18-9-10-20-17(13-18)14-21(29-20)23(28)25-19-7-4-6-16(12-19)15-26-11-5-8-22(26)27/h4,6-7,12,14,18H,5,8-11,13,15H2,1-3H3,(H,25,28). The van der Waals surface area contributed by atoms with Crippen LogP contribution in [0.2, 0.25) is 0 Å². The van der Waals surface area contributed by atoms with Crippen LogP contribution >= 0.6 is 11.3 Å². The first-order valence-electron chi connectivity index (χ1n) is 10.6. The molecule has 1 aliphatic heterocycles. The van der Waals surface area contributed by atoms with Crippen molar-refractivity contribution in [1.29, 1.82) is 0 Å². The minimum Gasteiger partial charge on any atom is -0.338 e. The number of aryl methyl sites for hydroxylation is 1. The lowest BCUT2D eigenvalue weighted by Gasteiger charge is -2.33. The zero-order chi connectivity index (χ0) is 20.6. The van der Waals surface area contributed by atoms with Gasteiger partial charge in [0, 0.05) is 30.1 Å². The minimum atomic E-state index is -0.0360. The summed E-state index contributed by atoms with van der Waals surface area (Å²) in [5.74, 6) is 0.855. The maximum Gasteiger partial charge on any atom is 0.265 e. The smallest absolute Gasteiger partial charge is 0.265 e. The van der Waals surface area contributed by atoms with Crippen molar-refractivity contribution >= 4 is 28.8 Å². The third-order valence-corrected chi connectivity index (χ3v) is 7.50. The number of thiophene rings is 1. The number of nitrogens with zero attached hydrogens (tertiary/aromatic N) is 1. The Morgan fingerprint density at radius 2 is 2.07 bits per heavy atom. The van der Waals surface area contributed by atoms with E-state index in [1.165, 1.54) is 16.9 Å². The Balaban J connectivity index is 1.43. The fourth-order valence-corrected chi connectivity index (χ4v) is 5.51. The maximum atomic E-state index is 12.9. The molecule has 1 aromatic heterocycles. The van der Waals surface area contributed by atoms with Crippen molar-refractivity contribution in [3.63, 3.8) is 0 Å². The van der Waals surface area contributed by atoms with Crippen LogP contribution < -0.4 is 5.32 Å². The molecule has 4 nitrogen and oxygen atoms in total. The number of carbonyl (C=O) groups excluding carboxylic acids is 2. The first-order chi connectivity index (χ1) is 13.8. The number of hydrogen-bond donors (Lipinski definition) is 1. The number of rotatable bonds is 4. The number of nitrogens with one attached hydrogen (secondary N) is 1. The predicted molar refractivity (Wildman–Crippen MR) is 118 cm³/mol. The van der Waals surface area contributed by atoms with Crippen LogP contribution in [0.15, 0.2) is 30.3 Å². The van der Waals surface area contributed by atoms with Crippen molar-refractivity contribution in [2.45, 2.75) is 59.4 Å². The van der Waals surface area contributed by atoms with Crippen LogP contribution in [0.4, 0.5) is 5.69 Å². The number of amides is 2. The Kier molecular flexibility index (Phi) is 5.52. The molecule has 0 saturated carbocycles. The number of benzene rings is 1. The molecule has 2 aliphatic rings. The molecule has 1 unspecified atom stereocenters. The lowest BCUT2D eigenvalue weighted by atomic mass is 9.72. The van der Waals surface area contributed by atoms with Gasteiger partial charge in [-0.15, -0.1) is 11.3 Å². The molecule has 1 atom stereocenters. The Morgan fingerprint density at radius 3 is 2.79 bits per heavy atom. The summed E-state index contributed by atoms with van der Waals surface area (Å²) in [5.41, 5.74) is 3.50. The molecule has 29 heavy (non-hydrogen) atoms. The molecule has 1 N–H and O–H groups in total. The van der Waals surface area contributed by atoms with Crippen molar-refractivity contribution in [3.8, 4) is 0 Å². The highest BCUT2D eigenvalue weighted by Gasteiger charge is 2.30. The topological polar surface area (TPSA) is 49.4 Å². The molecule has 2 heterocycles. The molecule has 1 saturated heterocycles. The molecule has 1 aliphatic carbocycles. The average molecular weight is 411 g/mol. The van der Waals surface area contributed by atoms with Gasteiger partial charge in [-0.1, -0.05) is 32.9 Å². The summed E-state index contributed by atoms with van der Waals surface area (Å²) in [7, 11) is 0. The first kappa shape index (κ1) is 20.1. The van der Waals surface area contributed by atoms with E-state index in [0.29, 0.717) is 24.3 Å². The highest BCUT2D eigenvalue weighted by molar-refractivity contribution is 7.14. The molecule has 154 valence electrons. The zero-order valence-electron chi connectivity index (χ0n) is 17.6. The van der Waals surface area contributed by atoms with E-state index >= 15 is 0 Å². The van der Waals surface area contributed by atoms with Crippen LogP contribution in [0.3, 0.4) is 0 Å². The summed E-state index contributed by atoms with van der Waals surface area (Å²) in [6, 6.07) is 9.94. The Labute approximate surface area is 177 Å². The number of fused-ring (bicyclic) bond motifs is 1. The summed E-state index contributed by atoms with van der Waals surface area (Å²) < 4.78 is 0. The summed E-state index contributed by atoms with van der Waals surface area (Å²) in [6.45, 7) is 8.37. The van der Waals surface area contributed by atoms with E-state index in [1.807, 2.05) is 29.2 Å². The van der Waals surface area contributed by atoms with E-state index in [1.54, 1.807) is 11.3 Å². The van der Waals surface area contributed by atoms with Crippen LogP contribution in [0, 0.1) is 11.3 Å². The van der Waals surface area contributed by atoms with Gasteiger partial charge in [0.1, 0.15) is 0 Å². The lowest BCUT2D eigenvalue weighted by molar-refractivity contribution is -0.128. The normalized spacial score (nSPS) is 19.3. The molecule has 0 spiro atoms. The van der Waals surface area contributed by atoms with Gasteiger partial charge in [-0.3, -0.25) is 9.59 Å². The Hall–Kier alpha value is -2.14. The van der Waals surface area contributed by atoms with E-state index in [-0.39, 0.29) is 11.8 Å². The van der Waals surface area contributed by atoms with Gasteiger partial charge < -0.3 is 10.2 Å². The van der Waals surface area contributed by atoms with Crippen LogP contribution in [0.25, 0.3) is 0 Å². The van der Waals surface area contributed by atoms with Crippen LogP contribution in [0.1, 0.15) is 65.7 Å². The van der Waals surface area contributed by atoms with Gasteiger partial charge in [0.2, 0.25) is 5.91 Å². The number of anilines is 1. The highest BCUT2D eigenvalue weighted by atomic mass is 32.1. The van der Waals surface area contributed by atoms with Crippen molar-refractivity contribution in [2.24, 2.45) is 11.3 Å². The summed E-state index contributed by atoms with van der Waals surface area (Å²) in [5, 5.41) is 3.05. The molecule has 2 amide bonds. The lowest BCUT2D eigenvalue weighted by Crippen LogP contribution is -2.26. The van der Waals surface area contributed by atoms with Gasteiger partial charge in [-0.2, -0.15) is 0 Å². The SMILES string of the molecule is CC(C)(C)C1CCc2sc(C(=O)Nc3cccc(CN4CCCC4=O)c3)cc2C1. The van der Waals surface area contributed by atoms with Gasteiger partial charge in [-0.05, 0) is 66.3 Å². The molecule has 1 fully saturated rings. The van der Waals surface area contributed by atoms with Crippen LogP contribution in [-0.2, 0) is 24.2 Å². The molecule has 2 aromatic rings. The van der Waals surface area contributed by atoms with Crippen molar-refractivity contribution in [1.82, 2.24) is 4.90 Å². The van der Waals surface area contributed by atoms with Gasteiger partial charge >= 0.3 is 0 Å². The third kappa shape index (κ3) is 4.55. The Morgan fingerprint density at radius 1 is 1.24 bits per heavy atom. The molecular formula is C24H30N2O2S. The van der Waals surface area contributed by atoms with E-state index in [9.17, 15) is 9.59 Å². The third-order valence-electron chi connectivity index (χ3n) is 6.26. The van der Waals surface area contributed by atoms with Crippen LogP contribution in [-0.4, -0.2) is 23.3 Å². The molecular weight excluding hydrogens is 380 g/mol. The van der Waals surface area contributed by atoms with E-state index in [2.05, 4.69) is 32.2 Å². The zero-order valence-corrected chi connectivity index (χ0v) is 18.4. The first-order valence-corrected chi connectivity index (χ1v) is 11.4. The fraction of sp³-hybridized carbons (Fsp3) is 0.500. The van der Waals surface area contributed by atoms with Crippen molar-refractivity contribution in [3.05, 3.63) is 51.2 Å². The van der Waals surface area contributed by atoms with Gasteiger partial charge in [-0.25, -0.2) is 0 Å². The van der Waals surface area contributed by atoms with Gasteiger partial charge in [0.05, 0.1) is 4.88 Å². The summed E-state index contributed by atoms with van der Waals surface area (Å²) in [4.78, 5) is 28.8. The molecule has 0 radical (unpaired) electrons. The van der Waals surface area contributed by atoms with Gasteiger partial charge in [0.25, 0.3) is 5.91 Å². The monoisotopic (exact) mass is 410 g/mol. The van der Waals surface area contributed by atoms with Gasteiger partial charge in [0.15, 0.2) is 0 Å². The second kappa shape index (κ2) is 7.94. The number of carbonyl (C=O) groups is 2.